The Morgan fingerprint density at radius 3 is 2.46 bits per heavy atom. The Kier molecular flexibility index (Phi) is 6.09. The molecule has 0 aromatic heterocycles. The Labute approximate surface area is 164 Å². The van der Waals surface area contributed by atoms with E-state index in [0.717, 1.165) is 17.5 Å². The third-order valence-electron chi connectivity index (χ3n) is 5.13. The summed E-state index contributed by atoms with van der Waals surface area (Å²) in [6.45, 7) is 2.55. The fourth-order valence-electron chi connectivity index (χ4n) is 3.62. The van der Waals surface area contributed by atoms with Gasteiger partial charge in [0.05, 0.1) is 12.5 Å². The summed E-state index contributed by atoms with van der Waals surface area (Å²) in [4.78, 5) is 38.0. The Morgan fingerprint density at radius 1 is 1.07 bits per heavy atom. The van der Waals surface area contributed by atoms with Crippen LogP contribution in [0.25, 0.3) is 0 Å². The van der Waals surface area contributed by atoms with E-state index in [4.69, 9.17) is 0 Å². The third-order valence-corrected chi connectivity index (χ3v) is 5.13. The van der Waals surface area contributed by atoms with E-state index in [0.29, 0.717) is 18.7 Å². The van der Waals surface area contributed by atoms with Crippen LogP contribution in [0.3, 0.4) is 0 Å². The molecule has 1 heterocycles. The van der Waals surface area contributed by atoms with Crippen LogP contribution in [0, 0.1) is 0 Å². The van der Waals surface area contributed by atoms with Crippen molar-refractivity contribution < 1.29 is 14.4 Å². The summed E-state index contributed by atoms with van der Waals surface area (Å²) in [5.74, 6) is -0.267. The van der Waals surface area contributed by atoms with Crippen molar-refractivity contribution in [2.45, 2.75) is 32.4 Å². The first-order valence-electron chi connectivity index (χ1n) is 9.42. The molecule has 0 bridgehead atoms. The number of rotatable bonds is 5. The van der Waals surface area contributed by atoms with E-state index in [9.17, 15) is 14.4 Å². The highest BCUT2D eigenvalue weighted by Crippen LogP contribution is 2.32. The van der Waals surface area contributed by atoms with Crippen molar-refractivity contribution in [3.05, 3.63) is 70.8 Å². The zero-order valence-electron chi connectivity index (χ0n) is 16.2. The molecule has 1 unspecified atom stereocenters. The van der Waals surface area contributed by atoms with Crippen LogP contribution in [-0.4, -0.2) is 36.2 Å². The monoisotopic (exact) mass is 379 g/mol. The fourth-order valence-corrected chi connectivity index (χ4v) is 3.62. The van der Waals surface area contributed by atoms with Gasteiger partial charge in [-0.2, -0.15) is 0 Å². The van der Waals surface area contributed by atoms with Crippen molar-refractivity contribution in [2.24, 2.45) is 0 Å². The third kappa shape index (κ3) is 4.39. The summed E-state index contributed by atoms with van der Waals surface area (Å²) in [6, 6.07) is 14.9. The maximum absolute atomic E-state index is 12.6. The zero-order chi connectivity index (χ0) is 20.1. The predicted octanol–water partition coefficient (Wildman–Crippen LogP) is 2.20. The van der Waals surface area contributed by atoms with Crippen molar-refractivity contribution in [3.63, 3.8) is 0 Å². The molecule has 1 atom stereocenters. The van der Waals surface area contributed by atoms with E-state index in [2.05, 4.69) is 16.7 Å². The highest BCUT2D eigenvalue weighted by Gasteiger charge is 2.30. The zero-order valence-corrected chi connectivity index (χ0v) is 16.2. The number of carbonyl (C=O) groups is 3. The summed E-state index contributed by atoms with van der Waals surface area (Å²) in [5.41, 5.74) is 3.73. The van der Waals surface area contributed by atoms with Gasteiger partial charge in [0.2, 0.25) is 11.8 Å². The molecule has 2 aromatic carbocycles. The highest BCUT2D eigenvalue weighted by molar-refractivity contribution is 5.93. The molecule has 0 saturated heterocycles. The van der Waals surface area contributed by atoms with E-state index in [1.54, 1.807) is 31.0 Å². The van der Waals surface area contributed by atoms with Crippen molar-refractivity contribution in [1.29, 1.82) is 0 Å². The molecule has 0 aliphatic carbocycles. The highest BCUT2D eigenvalue weighted by atomic mass is 16.2. The van der Waals surface area contributed by atoms with E-state index in [1.807, 2.05) is 30.3 Å². The molecule has 1 aliphatic heterocycles. The molecule has 0 fully saturated rings. The Bertz CT molecular complexity index is 877. The molecular weight excluding hydrogens is 354 g/mol. The van der Waals surface area contributed by atoms with Crippen LogP contribution in [0.1, 0.15) is 46.4 Å². The first-order chi connectivity index (χ1) is 13.5. The molecule has 3 rings (SSSR count). The second-order valence-electron chi connectivity index (χ2n) is 6.93. The van der Waals surface area contributed by atoms with Crippen LogP contribution in [-0.2, 0) is 22.6 Å². The summed E-state index contributed by atoms with van der Waals surface area (Å²) in [7, 11) is 1.59. The van der Waals surface area contributed by atoms with E-state index in [1.165, 1.54) is 5.56 Å². The minimum absolute atomic E-state index is 0.0166. The molecule has 1 aliphatic rings. The number of hydrogen-bond acceptors (Lipinski definition) is 3. The molecule has 0 radical (unpaired) electrons. The number of fused-ring (bicyclic) bond motifs is 1. The van der Waals surface area contributed by atoms with Crippen molar-refractivity contribution >= 4 is 17.7 Å². The van der Waals surface area contributed by atoms with Gasteiger partial charge < -0.3 is 15.5 Å². The number of amides is 3. The molecule has 146 valence electrons. The molecule has 28 heavy (non-hydrogen) atoms. The summed E-state index contributed by atoms with van der Waals surface area (Å²) in [5, 5.41) is 5.50. The van der Waals surface area contributed by atoms with Gasteiger partial charge in [-0.15, -0.1) is 0 Å². The van der Waals surface area contributed by atoms with Gasteiger partial charge in [0, 0.05) is 32.6 Å². The Balaban J connectivity index is 1.65. The quantitative estimate of drug-likeness (QED) is 0.836. The van der Waals surface area contributed by atoms with Gasteiger partial charge >= 0.3 is 0 Å². The normalized spacial score (nSPS) is 15.5. The van der Waals surface area contributed by atoms with Crippen LogP contribution in [0.4, 0.5) is 0 Å². The Morgan fingerprint density at radius 2 is 1.79 bits per heavy atom. The Hall–Kier alpha value is -3.15. The number of carbonyl (C=O) groups excluding carboxylic acids is 3. The fraction of sp³-hybridized carbons (Fsp3) is 0.318. The maximum atomic E-state index is 12.6. The average Bonchev–Trinajstić information content (AvgIpc) is 2.72. The van der Waals surface area contributed by atoms with Crippen LogP contribution in [0.15, 0.2) is 48.5 Å². The average molecular weight is 379 g/mol. The number of benzene rings is 2. The van der Waals surface area contributed by atoms with Crippen LogP contribution < -0.4 is 10.6 Å². The first kappa shape index (κ1) is 19.6. The van der Waals surface area contributed by atoms with Gasteiger partial charge in [-0.1, -0.05) is 36.4 Å². The number of nitrogens with one attached hydrogen (secondary N) is 2. The lowest BCUT2D eigenvalue weighted by molar-refractivity contribution is -0.133. The molecule has 2 aromatic rings. The summed E-state index contributed by atoms with van der Waals surface area (Å²) >= 11 is 0. The predicted molar refractivity (Wildman–Crippen MR) is 107 cm³/mol. The van der Waals surface area contributed by atoms with Crippen molar-refractivity contribution in [2.75, 3.05) is 13.6 Å². The van der Waals surface area contributed by atoms with Gasteiger partial charge in [0.1, 0.15) is 0 Å². The maximum Gasteiger partial charge on any atom is 0.251 e. The number of hydrogen-bond donors (Lipinski definition) is 2. The second-order valence-corrected chi connectivity index (χ2v) is 6.93. The first-order valence-corrected chi connectivity index (χ1v) is 9.42. The van der Waals surface area contributed by atoms with Crippen molar-refractivity contribution in [3.8, 4) is 0 Å². The molecule has 3 amide bonds. The molecular formula is C22H25N3O3. The van der Waals surface area contributed by atoms with E-state index < -0.39 is 0 Å². The van der Waals surface area contributed by atoms with E-state index in [-0.39, 0.29) is 30.2 Å². The molecule has 6 heteroatoms. The lowest BCUT2D eigenvalue weighted by Crippen LogP contribution is -2.41. The topological polar surface area (TPSA) is 78.5 Å². The summed E-state index contributed by atoms with van der Waals surface area (Å²) < 4.78 is 0. The lowest BCUT2D eigenvalue weighted by atomic mass is 9.90. The van der Waals surface area contributed by atoms with E-state index >= 15 is 0 Å². The van der Waals surface area contributed by atoms with Gasteiger partial charge in [-0.3, -0.25) is 14.4 Å². The van der Waals surface area contributed by atoms with Gasteiger partial charge in [-0.05, 0) is 35.2 Å². The van der Waals surface area contributed by atoms with Crippen LogP contribution in [0.5, 0.6) is 0 Å². The standard InChI is InChI=1S/C22H25N3O3/c1-15(26)25-12-11-17-5-3-4-6-19(17)20(25)13-21(27)24-14-16-7-9-18(10-8-16)22(28)23-2/h3-10,20H,11-14H2,1-2H3,(H,23,28)(H,24,27). The van der Waals surface area contributed by atoms with Gasteiger partial charge in [0.15, 0.2) is 0 Å². The van der Waals surface area contributed by atoms with Crippen LogP contribution in [0.2, 0.25) is 0 Å². The molecule has 0 spiro atoms. The molecule has 6 nitrogen and oxygen atoms in total. The SMILES string of the molecule is CNC(=O)c1ccc(CNC(=O)CC2c3ccccc3CCN2C(C)=O)cc1. The second kappa shape index (κ2) is 8.69. The van der Waals surface area contributed by atoms with Crippen molar-refractivity contribution in [1.82, 2.24) is 15.5 Å². The van der Waals surface area contributed by atoms with Gasteiger partial charge in [0.25, 0.3) is 5.91 Å². The minimum atomic E-state index is -0.238. The lowest BCUT2D eigenvalue weighted by Gasteiger charge is -2.36. The molecule has 0 saturated carbocycles. The number of nitrogens with zero attached hydrogens (tertiary/aromatic N) is 1. The summed E-state index contributed by atoms with van der Waals surface area (Å²) in [6.07, 6.45) is 1.04. The minimum Gasteiger partial charge on any atom is -0.355 e. The van der Waals surface area contributed by atoms with Crippen LogP contribution >= 0.6 is 0 Å². The largest absolute Gasteiger partial charge is 0.355 e. The smallest absolute Gasteiger partial charge is 0.251 e. The molecule has 2 N–H and O–H groups in total. The van der Waals surface area contributed by atoms with Gasteiger partial charge in [-0.25, -0.2) is 0 Å².